The largest absolute Gasteiger partial charge is 0.356 e. The summed E-state index contributed by atoms with van der Waals surface area (Å²) in [6, 6.07) is 0. The Morgan fingerprint density at radius 1 is 1.29 bits per heavy atom. The molecule has 0 heterocycles. The van der Waals surface area contributed by atoms with Crippen LogP contribution in [0.15, 0.2) is 0 Å². The van der Waals surface area contributed by atoms with Crippen LogP contribution in [0.1, 0.15) is 39.0 Å². The molecule has 4 rings (SSSR count). The van der Waals surface area contributed by atoms with E-state index < -0.39 is 0 Å². The van der Waals surface area contributed by atoms with Gasteiger partial charge in [-0.25, -0.2) is 0 Å². The minimum absolute atomic E-state index is 0.141. The quantitative estimate of drug-likeness (QED) is 0.713. The second-order valence-corrected chi connectivity index (χ2v) is 5.88. The van der Waals surface area contributed by atoms with Crippen LogP contribution < -0.4 is 5.32 Å². The van der Waals surface area contributed by atoms with Gasteiger partial charge in [0.25, 0.3) is 0 Å². The van der Waals surface area contributed by atoms with Crippen molar-refractivity contribution in [2.24, 2.45) is 23.2 Å². The van der Waals surface area contributed by atoms with Crippen molar-refractivity contribution in [3.05, 3.63) is 0 Å². The van der Waals surface area contributed by atoms with Crippen LogP contribution in [0.25, 0.3) is 0 Å². The Labute approximate surface area is 85.4 Å². The zero-order valence-electron chi connectivity index (χ0n) is 8.88. The van der Waals surface area contributed by atoms with Crippen LogP contribution in [0.2, 0.25) is 0 Å². The number of hydrogen-bond acceptors (Lipinski definition) is 1. The third kappa shape index (κ3) is 1.19. The normalized spacial score (nSPS) is 48.5. The molecule has 0 aromatic carbocycles. The second kappa shape index (κ2) is 2.74. The molecule has 2 nitrogen and oxygen atoms in total. The summed E-state index contributed by atoms with van der Waals surface area (Å²) in [7, 11) is 0. The molecule has 4 saturated carbocycles. The van der Waals surface area contributed by atoms with Gasteiger partial charge in [0.05, 0.1) is 0 Å². The monoisotopic (exact) mass is 193 g/mol. The number of rotatable bonds is 2. The number of amides is 1. The summed E-state index contributed by atoms with van der Waals surface area (Å²) in [5, 5.41) is 3.04. The first kappa shape index (κ1) is 8.75. The number of carbonyl (C=O) groups is 1. The van der Waals surface area contributed by atoms with Gasteiger partial charge in [-0.2, -0.15) is 0 Å². The maximum Gasteiger partial charge on any atom is 0.216 e. The first-order chi connectivity index (χ1) is 6.67. The van der Waals surface area contributed by atoms with E-state index in [4.69, 9.17) is 0 Å². The zero-order chi connectivity index (χ0) is 9.76. The minimum atomic E-state index is 0.141. The average Bonchev–Trinajstić information content (AvgIpc) is 2.51. The average molecular weight is 193 g/mol. The van der Waals surface area contributed by atoms with Crippen LogP contribution in [-0.2, 0) is 4.79 Å². The van der Waals surface area contributed by atoms with Crippen LogP contribution in [0.4, 0.5) is 0 Å². The Kier molecular flexibility index (Phi) is 1.71. The molecule has 0 aromatic heterocycles. The highest BCUT2D eigenvalue weighted by Gasteiger charge is 2.55. The van der Waals surface area contributed by atoms with Crippen molar-refractivity contribution in [1.82, 2.24) is 5.32 Å². The van der Waals surface area contributed by atoms with Crippen LogP contribution >= 0.6 is 0 Å². The Balaban J connectivity index is 1.71. The molecule has 0 saturated heterocycles. The minimum Gasteiger partial charge on any atom is -0.356 e. The lowest BCUT2D eigenvalue weighted by Crippen LogP contribution is -2.39. The molecule has 0 radical (unpaired) electrons. The third-order valence-corrected chi connectivity index (χ3v) is 4.76. The lowest BCUT2D eigenvalue weighted by atomic mass is 9.69. The van der Waals surface area contributed by atoms with Gasteiger partial charge in [-0.1, -0.05) is 0 Å². The topological polar surface area (TPSA) is 29.1 Å². The van der Waals surface area contributed by atoms with Crippen molar-refractivity contribution in [3.63, 3.8) is 0 Å². The summed E-state index contributed by atoms with van der Waals surface area (Å²) in [6.45, 7) is 2.58. The van der Waals surface area contributed by atoms with Gasteiger partial charge in [0, 0.05) is 13.5 Å². The van der Waals surface area contributed by atoms with Gasteiger partial charge in [0.15, 0.2) is 0 Å². The predicted octanol–water partition coefficient (Wildman–Crippen LogP) is 1.95. The molecule has 0 aromatic rings. The molecule has 2 atom stereocenters. The summed E-state index contributed by atoms with van der Waals surface area (Å²) >= 11 is 0. The van der Waals surface area contributed by atoms with E-state index >= 15 is 0 Å². The van der Waals surface area contributed by atoms with E-state index in [0.717, 1.165) is 24.3 Å². The van der Waals surface area contributed by atoms with E-state index in [9.17, 15) is 4.79 Å². The van der Waals surface area contributed by atoms with E-state index in [1.54, 1.807) is 6.92 Å². The fourth-order valence-electron chi connectivity index (χ4n) is 4.51. The molecule has 2 heteroatoms. The standard InChI is InChI=1S/C12H19NO/c1-8(14)13-7-12-4-9-2-10(5-12)11(3-9)6-12/h9-11H,2-7H2,1H3,(H,13,14). The van der Waals surface area contributed by atoms with Crippen LogP contribution in [0, 0.1) is 23.2 Å². The molecule has 4 aliphatic carbocycles. The van der Waals surface area contributed by atoms with Gasteiger partial charge in [-0.3, -0.25) is 4.79 Å². The predicted molar refractivity (Wildman–Crippen MR) is 54.7 cm³/mol. The van der Waals surface area contributed by atoms with Crippen LogP contribution in [0.5, 0.6) is 0 Å². The number of hydrogen-bond donors (Lipinski definition) is 1. The summed E-state index contributed by atoms with van der Waals surface area (Å²) in [5.74, 6) is 3.17. The highest BCUT2D eigenvalue weighted by atomic mass is 16.1. The fourth-order valence-corrected chi connectivity index (χ4v) is 4.51. The van der Waals surface area contributed by atoms with Crippen LogP contribution in [0.3, 0.4) is 0 Å². The molecule has 0 aliphatic heterocycles. The molecule has 2 unspecified atom stereocenters. The van der Waals surface area contributed by atoms with Gasteiger partial charge in [0.2, 0.25) is 5.91 Å². The van der Waals surface area contributed by atoms with Crippen molar-refractivity contribution in [1.29, 1.82) is 0 Å². The fraction of sp³-hybridized carbons (Fsp3) is 0.917. The Morgan fingerprint density at radius 3 is 2.43 bits per heavy atom. The lowest BCUT2D eigenvalue weighted by molar-refractivity contribution is -0.119. The lowest BCUT2D eigenvalue weighted by Gasteiger charge is -2.38. The van der Waals surface area contributed by atoms with Crippen molar-refractivity contribution in [3.8, 4) is 0 Å². The summed E-state index contributed by atoms with van der Waals surface area (Å²) in [6.07, 6.45) is 7.17. The van der Waals surface area contributed by atoms with E-state index in [2.05, 4.69) is 5.32 Å². The van der Waals surface area contributed by atoms with Crippen molar-refractivity contribution >= 4 is 5.91 Å². The van der Waals surface area contributed by atoms with E-state index in [0.29, 0.717) is 5.41 Å². The SMILES string of the molecule is CC(=O)NCC12CC3CC(C1)C(C3)C2. The molecular formula is C12H19NO. The van der Waals surface area contributed by atoms with E-state index in [1.807, 2.05) is 0 Å². The van der Waals surface area contributed by atoms with Crippen molar-refractivity contribution < 1.29 is 4.79 Å². The van der Waals surface area contributed by atoms with Gasteiger partial charge in [-0.15, -0.1) is 0 Å². The summed E-state index contributed by atoms with van der Waals surface area (Å²) in [4.78, 5) is 10.9. The Bertz CT molecular complexity index is 254. The molecule has 14 heavy (non-hydrogen) atoms. The van der Waals surface area contributed by atoms with Gasteiger partial charge in [-0.05, 0) is 55.3 Å². The molecule has 4 aliphatic rings. The van der Waals surface area contributed by atoms with Crippen molar-refractivity contribution in [2.45, 2.75) is 39.0 Å². The number of nitrogens with one attached hydrogen (secondary N) is 1. The smallest absolute Gasteiger partial charge is 0.216 e. The Morgan fingerprint density at radius 2 is 1.93 bits per heavy atom. The molecular weight excluding hydrogens is 174 g/mol. The summed E-state index contributed by atoms with van der Waals surface area (Å²) < 4.78 is 0. The molecule has 78 valence electrons. The van der Waals surface area contributed by atoms with Gasteiger partial charge < -0.3 is 5.32 Å². The number of carbonyl (C=O) groups excluding carboxylic acids is 1. The highest BCUT2D eigenvalue weighted by molar-refractivity contribution is 5.72. The molecule has 4 fully saturated rings. The van der Waals surface area contributed by atoms with Gasteiger partial charge in [0.1, 0.15) is 0 Å². The summed E-state index contributed by atoms with van der Waals surface area (Å²) in [5.41, 5.74) is 0.516. The molecule has 0 spiro atoms. The maximum absolute atomic E-state index is 10.9. The maximum atomic E-state index is 10.9. The second-order valence-electron chi connectivity index (χ2n) is 5.88. The first-order valence-electron chi connectivity index (χ1n) is 5.91. The van der Waals surface area contributed by atoms with E-state index in [1.165, 1.54) is 32.1 Å². The zero-order valence-corrected chi connectivity index (χ0v) is 8.88. The van der Waals surface area contributed by atoms with Gasteiger partial charge >= 0.3 is 0 Å². The van der Waals surface area contributed by atoms with Crippen molar-refractivity contribution in [2.75, 3.05) is 6.54 Å². The molecule has 4 bridgehead atoms. The molecule has 1 N–H and O–H groups in total. The third-order valence-electron chi connectivity index (χ3n) is 4.76. The Hall–Kier alpha value is -0.530. The van der Waals surface area contributed by atoms with Crippen LogP contribution in [-0.4, -0.2) is 12.5 Å². The molecule has 1 amide bonds. The van der Waals surface area contributed by atoms with E-state index in [-0.39, 0.29) is 5.91 Å². The first-order valence-corrected chi connectivity index (χ1v) is 5.91. The highest BCUT2D eigenvalue weighted by Crippen LogP contribution is 2.63.